The number of nitrogens with zero attached hydrogens (tertiary/aromatic N) is 1. The molecule has 0 bridgehead atoms. The molecule has 0 atom stereocenters. The summed E-state index contributed by atoms with van der Waals surface area (Å²) >= 11 is 0. The third-order valence-electron chi connectivity index (χ3n) is 3.00. The molecule has 18 heavy (non-hydrogen) atoms. The van der Waals surface area contributed by atoms with Crippen molar-refractivity contribution in [1.29, 1.82) is 0 Å². The lowest BCUT2D eigenvalue weighted by Gasteiger charge is -2.27. The molecule has 4 heteroatoms. The fourth-order valence-electron chi connectivity index (χ4n) is 2.02. The fourth-order valence-corrected chi connectivity index (χ4v) is 2.02. The minimum atomic E-state index is -0.804. The van der Waals surface area contributed by atoms with Crippen LogP contribution in [0.2, 0.25) is 0 Å². The number of carbonyl (C=O) groups is 1. The SMILES string of the molecule is CCOc1ccc(N2CC=C(C(=O)O)CC2)cc1. The van der Waals surface area contributed by atoms with Gasteiger partial charge in [-0.2, -0.15) is 0 Å². The molecule has 1 N–H and O–H groups in total. The van der Waals surface area contributed by atoms with Crippen LogP contribution in [-0.4, -0.2) is 30.8 Å². The summed E-state index contributed by atoms with van der Waals surface area (Å²) in [4.78, 5) is 13.0. The largest absolute Gasteiger partial charge is 0.494 e. The van der Waals surface area contributed by atoms with Gasteiger partial charge in [-0.15, -0.1) is 0 Å². The number of hydrogen-bond donors (Lipinski definition) is 1. The predicted octanol–water partition coefficient (Wildman–Crippen LogP) is 2.31. The minimum absolute atomic E-state index is 0.511. The predicted molar refractivity (Wildman–Crippen MR) is 70.2 cm³/mol. The lowest BCUT2D eigenvalue weighted by Crippen LogP contribution is -2.29. The summed E-state index contributed by atoms with van der Waals surface area (Å²) < 4.78 is 5.39. The van der Waals surface area contributed by atoms with Crippen LogP contribution in [0.5, 0.6) is 5.75 Å². The van der Waals surface area contributed by atoms with Gasteiger partial charge in [0.15, 0.2) is 0 Å². The first-order chi connectivity index (χ1) is 8.70. The van der Waals surface area contributed by atoms with Crippen molar-refractivity contribution in [2.75, 3.05) is 24.6 Å². The third-order valence-corrected chi connectivity index (χ3v) is 3.00. The first-order valence-electron chi connectivity index (χ1n) is 6.11. The Bertz CT molecular complexity index is 451. The van der Waals surface area contributed by atoms with Crippen LogP contribution in [0.15, 0.2) is 35.9 Å². The van der Waals surface area contributed by atoms with E-state index in [2.05, 4.69) is 4.90 Å². The van der Waals surface area contributed by atoms with Crippen LogP contribution in [-0.2, 0) is 4.79 Å². The molecular weight excluding hydrogens is 230 g/mol. The zero-order valence-electron chi connectivity index (χ0n) is 10.4. The van der Waals surface area contributed by atoms with E-state index in [1.807, 2.05) is 31.2 Å². The second-order valence-corrected chi connectivity index (χ2v) is 4.16. The fraction of sp³-hybridized carbons (Fsp3) is 0.357. The molecule has 0 saturated carbocycles. The highest BCUT2D eigenvalue weighted by Gasteiger charge is 2.16. The van der Waals surface area contributed by atoms with Gasteiger partial charge in [-0.25, -0.2) is 4.79 Å². The van der Waals surface area contributed by atoms with Crippen LogP contribution in [0, 0.1) is 0 Å². The number of carboxylic acids is 1. The maximum absolute atomic E-state index is 10.8. The Hall–Kier alpha value is -1.97. The molecule has 0 amide bonds. The molecule has 0 saturated heterocycles. The van der Waals surface area contributed by atoms with E-state index in [0.29, 0.717) is 25.1 Å². The van der Waals surface area contributed by atoms with Crippen molar-refractivity contribution < 1.29 is 14.6 Å². The summed E-state index contributed by atoms with van der Waals surface area (Å²) in [6, 6.07) is 7.89. The van der Waals surface area contributed by atoms with Gasteiger partial charge >= 0.3 is 5.97 Å². The number of anilines is 1. The molecule has 0 radical (unpaired) electrons. The van der Waals surface area contributed by atoms with Crippen molar-refractivity contribution in [2.24, 2.45) is 0 Å². The van der Waals surface area contributed by atoms with E-state index in [1.165, 1.54) is 0 Å². The van der Waals surface area contributed by atoms with E-state index in [4.69, 9.17) is 9.84 Å². The highest BCUT2D eigenvalue weighted by Crippen LogP contribution is 2.22. The highest BCUT2D eigenvalue weighted by molar-refractivity contribution is 5.87. The standard InChI is InChI=1S/C14H17NO3/c1-2-18-13-5-3-12(4-6-13)15-9-7-11(8-10-15)14(16)17/h3-7H,2,8-10H2,1H3,(H,16,17). The Morgan fingerprint density at radius 2 is 2.11 bits per heavy atom. The molecule has 0 aliphatic carbocycles. The Balaban J connectivity index is 2.03. The van der Waals surface area contributed by atoms with Gasteiger partial charge in [-0.05, 0) is 37.6 Å². The monoisotopic (exact) mass is 247 g/mol. The molecular formula is C14H17NO3. The van der Waals surface area contributed by atoms with E-state index in [0.717, 1.165) is 18.0 Å². The number of carboxylic acid groups (broad SMARTS) is 1. The highest BCUT2D eigenvalue weighted by atomic mass is 16.5. The van der Waals surface area contributed by atoms with Crippen LogP contribution < -0.4 is 9.64 Å². The Morgan fingerprint density at radius 1 is 1.39 bits per heavy atom. The Labute approximate surface area is 106 Å². The molecule has 2 rings (SSSR count). The van der Waals surface area contributed by atoms with Gasteiger partial charge in [0.25, 0.3) is 0 Å². The van der Waals surface area contributed by atoms with E-state index in [9.17, 15) is 4.79 Å². The molecule has 0 spiro atoms. The molecule has 0 aromatic heterocycles. The number of rotatable bonds is 4. The molecule has 0 unspecified atom stereocenters. The van der Waals surface area contributed by atoms with Crippen LogP contribution >= 0.6 is 0 Å². The summed E-state index contributed by atoms with van der Waals surface area (Å²) in [6.45, 7) is 4.01. The molecule has 0 fully saturated rings. The lowest BCUT2D eigenvalue weighted by molar-refractivity contribution is -0.132. The topological polar surface area (TPSA) is 49.8 Å². The molecule has 96 valence electrons. The third kappa shape index (κ3) is 2.83. The average Bonchev–Trinajstić information content (AvgIpc) is 2.40. The van der Waals surface area contributed by atoms with Crippen molar-refractivity contribution in [3.8, 4) is 5.75 Å². The maximum atomic E-state index is 10.8. The zero-order valence-corrected chi connectivity index (χ0v) is 10.4. The van der Waals surface area contributed by atoms with E-state index in [-0.39, 0.29) is 0 Å². The summed E-state index contributed by atoms with van der Waals surface area (Å²) in [5.74, 6) is 0.0568. The van der Waals surface area contributed by atoms with E-state index < -0.39 is 5.97 Å². The Kier molecular flexibility index (Phi) is 3.87. The molecule has 1 aromatic carbocycles. The van der Waals surface area contributed by atoms with Gasteiger partial charge in [0, 0.05) is 24.4 Å². The van der Waals surface area contributed by atoms with Crippen molar-refractivity contribution >= 4 is 11.7 Å². The van der Waals surface area contributed by atoms with Crippen molar-refractivity contribution in [1.82, 2.24) is 0 Å². The zero-order chi connectivity index (χ0) is 13.0. The average molecular weight is 247 g/mol. The maximum Gasteiger partial charge on any atom is 0.331 e. The van der Waals surface area contributed by atoms with Gasteiger partial charge in [0.1, 0.15) is 5.75 Å². The van der Waals surface area contributed by atoms with E-state index in [1.54, 1.807) is 6.08 Å². The van der Waals surface area contributed by atoms with Gasteiger partial charge < -0.3 is 14.7 Å². The normalized spacial score (nSPS) is 15.2. The number of aliphatic carboxylic acids is 1. The Morgan fingerprint density at radius 3 is 2.61 bits per heavy atom. The summed E-state index contributed by atoms with van der Waals surface area (Å²) in [5, 5.41) is 8.89. The first kappa shape index (κ1) is 12.5. The molecule has 4 nitrogen and oxygen atoms in total. The van der Waals surface area contributed by atoms with Gasteiger partial charge in [0.2, 0.25) is 0 Å². The molecule has 1 heterocycles. The number of ether oxygens (including phenoxy) is 1. The summed E-state index contributed by atoms with van der Waals surface area (Å²) in [5.41, 5.74) is 1.61. The van der Waals surface area contributed by atoms with E-state index >= 15 is 0 Å². The lowest BCUT2D eigenvalue weighted by atomic mass is 10.1. The van der Waals surface area contributed by atoms with Crippen LogP contribution in [0.25, 0.3) is 0 Å². The molecule has 1 aromatic rings. The van der Waals surface area contributed by atoms with Gasteiger partial charge in [0.05, 0.1) is 6.61 Å². The second kappa shape index (κ2) is 5.58. The van der Waals surface area contributed by atoms with Gasteiger partial charge in [-0.1, -0.05) is 6.08 Å². The van der Waals surface area contributed by atoms with Crippen molar-refractivity contribution in [3.05, 3.63) is 35.9 Å². The quantitative estimate of drug-likeness (QED) is 0.887. The van der Waals surface area contributed by atoms with Crippen LogP contribution in [0.3, 0.4) is 0 Å². The first-order valence-corrected chi connectivity index (χ1v) is 6.11. The van der Waals surface area contributed by atoms with Crippen LogP contribution in [0.4, 0.5) is 5.69 Å². The van der Waals surface area contributed by atoms with Gasteiger partial charge in [-0.3, -0.25) is 0 Å². The summed E-state index contributed by atoms with van der Waals surface area (Å²) in [6.07, 6.45) is 2.37. The smallest absolute Gasteiger partial charge is 0.331 e. The van der Waals surface area contributed by atoms with Crippen molar-refractivity contribution in [3.63, 3.8) is 0 Å². The minimum Gasteiger partial charge on any atom is -0.494 e. The van der Waals surface area contributed by atoms with Crippen molar-refractivity contribution in [2.45, 2.75) is 13.3 Å². The second-order valence-electron chi connectivity index (χ2n) is 4.16. The molecule has 1 aliphatic rings. The number of hydrogen-bond acceptors (Lipinski definition) is 3. The number of benzene rings is 1. The summed E-state index contributed by atoms with van der Waals surface area (Å²) in [7, 11) is 0. The molecule has 1 aliphatic heterocycles. The van der Waals surface area contributed by atoms with Crippen LogP contribution in [0.1, 0.15) is 13.3 Å².